The average molecular weight is 560 g/mol. The van der Waals surface area contributed by atoms with Crippen molar-refractivity contribution < 1.29 is 24.2 Å². The number of fused-ring (bicyclic) bond motifs is 3. The van der Waals surface area contributed by atoms with Crippen molar-refractivity contribution in [2.45, 2.75) is 113 Å². The van der Waals surface area contributed by atoms with Gasteiger partial charge in [-0.1, -0.05) is 102 Å². The van der Waals surface area contributed by atoms with E-state index in [2.05, 4.69) is 131 Å². The second-order valence-corrected chi connectivity index (χ2v) is 14.8. The zero-order chi connectivity index (χ0) is 27.3. The second kappa shape index (κ2) is 12.5. The van der Waals surface area contributed by atoms with Crippen LogP contribution < -0.4 is 0 Å². The van der Waals surface area contributed by atoms with Gasteiger partial charge in [-0.2, -0.15) is 41.0 Å². The molecule has 0 saturated carbocycles. The fraction of sp³-hybridized carbons (Fsp3) is 0.514. The van der Waals surface area contributed by atoms with Crippen molar-refractivity contribution in [1.29, 1.82) is 0 Å². The first-order valence-corrected chi connectivity index (χ1v) is 14.8. The van der Waals surface area contributed by atoms with Gasteiger partial charge in [0.25, 0.3) is 0 Å². The van der Waals surface area contributed by atoms with Gasteiger partial charge in [-0.15, -0.1) is 12.0 Å². The zero-order valence-electron chi connectivity index (χ0n) is 24.9. The van der Waals surface area contributed by atoms with Crippen molar-refractivity contribution >= 4 is 3.21 Å². The third-order valence-corrected chi connectivity index (χ3v) is 8.68. The minimum atomic E-state index is 0.177. The first-order valence-electron chi connectivity index (χ1n) is 13.6. The predicted octanol–water partition coefficient (Wildman–Crippen LogP) is 9.90. The third kappa shape index (κ3) is 8.62. The van der Waals surface area contributed by atoms with Gasteiger partial charge < -0.3 is 0 Å². The molecule has 0 fully saturated rings. The number of benzene rings is 2. The Labute approximate surface area is 238 Å². The molecule has 0 spiro atoms. The van der Waals surface area contributed by atoms with E-state index < -0.39 is 0 Å². The Morgan fingerprint density at radius 2 is 1.39 bits per heavy atom. The first-order chi connectivity index (χ1) is 16.6. The molecule has 0 bridgehead atoms. The number of hydrogen-bond acceptors (Lipinski definition) is 0. The van der Waals surface area contributed by atoms with Gasteiger partial charge in [0.1, 0.15) is 0 Å². The summed E-state index contributed by atoms with van der Waals surface area (Å²) in [4.78, 5) is 0. The van der Waals surface area contributed by atoms with Gasteiger partial charge in [0.2, 0.25) is 0 Å². The van der Waals surface area contributed by atoms with Crippen molar-refractivity contribution in [3.8, 4) is 11.1 Å². The van der Waals surface area contributed by atoms with Crippen LogP contribution in [-0.2, 0) is 41.5 Å². The van der Waals surface area contributed by atoms with Crippen LogP contribution in [0.4, 0.5) is 0 Å². The van der Waals surface area contributed by atoms with E-state index in [0.29, 0.717) is 5.41 Å². The van der Waals surface area contributed by atoms with Gasteiger partial charge in [0, 0.05) is 0 Å². The summed E-state index contributed by atoms with van der Waals surface area (Å²) in [7, 11) is 0. The summed E-state index contributed by atoms with van der Waals surface area (Å²) in [6.07, 6.45) is 12.1. The van der Waals surface area contributed by atoms with Crippen LogP contribution in [0.15, 0.2) is 48.1 Å². The summed E-state index contributed by atoms with van der Waals surface area (Å²) >= 11 is 1.62. The Kier molecular flexibility index (Phi) is 10.7. The molecular formula is C35H48Zr. The molecule has 0 saturated heterocycles. The summed E-state index contributed by atoms with van der Waals surface area (Å²) in [5.74, 6) is 0. The molecule has 0 unspecified atom stereocenters. The van der Waals surface area contributed by atoms with E-state index in [4.69, 9.17) is 0 Å². The van der Waals surface area contributed by atoms with Crippen molar-refractivity contribution in [1.82, 2.24) is 0 Å². The first kappa shape index (κ1) is 30.9. The van der Waals surface area contributed by atoms with E-state index in [1.165, 1.54) is 51.8 Å². The third-order valence-electron chi connectivity index (χ3n) is 6.94. The van der Waals surface area contributed by atoms with Gasteiger partial charge in [0.05, 0.1) is 0 Å². The Morgan fingerprint density at radius 1 is 0.806 bits per heavy atom. The molecule has 0 atom stereocenters. The Bertz CT molecular complexity index is 1040. The Balaban J connectivity index is 0.000000251. The molecule has 0 heterocycles. The van der Waals surface area contributed by atoms with Gasteiger partial charge in [0.15, 0.2) is 0 Å². The van der Waals surface area contributed by atoms with Gasteiger partial charge in [-0.3, -0.25) is 6.08 Å². The topological polar surface area (TPSA) is 0 Å². The molecule has 2 aliphatic carbocycles. The monoisotopic (exact) mass is 558 g/mol. The molecule has 36 heavy (non-hydrogen) atoms. The molecule has 2 aliphatic rings. The van der Waals surface area contributed by atoms with Crippen molar-refractivity contribution in [2.75, 3.05) is 0 Å². The molecule has 192 valence electrons. The van der Waals surface area contributed by atoms with Crippen LogP contribution in [0.25, 0.3) is 11.1 Å². The summed E-state index contributed by atoms with van der Waals surface area (Å²) < 4.78 is 1.68. The summed E-state index contributed by atoms with van der Waals surface area (Å²) in [5.41, 5.74) is 10.5. The number of rotatable bonds is 2. The fourth-order valence-corrected chi connectivity index (χ4v) is 4.15. The summed E-state index contributed by atoms with van der Waals surface area (Å²) in [6, 6.07) is 15.1. The summed E-state index contributed by atoms with van der Waals surface area (Å²) in [5, 5.41) is 0. The minimum absolute atomic E-state index is 0.177. The molecule has 1 heteroatoms. The molecular weight excluding hydrogens is 512 g/mol. The normalized spacial score (nSPS) is 14.2. The van der Waals surface area contributed by atoms with E-state index in [-0.39, 0.29) is 10.8 Å². The van der Waals surface area contributed by atoms with Crippen molar-refractivity contribution in [3.63, 3.8) is 0 Å². The van der Waals surface area contributed by atoms with Crippen LogP contribution in [0, 0.1) is 17.6 Å². The van der Waals surface area contributed by atoms with E-state index in [9.17, 15) is 0 Å². The second-order valence-electron chi connectivity index (χ2n) is 13.1. The fourth-order valence-electron chi connectivity index (χ4n) is 4.15. The zero-order valence-corrected chi connectivity index (χ0v) is 27.3. The van der Waals surface area contributed by atoms with E-state index in [1.54, 1.807) is 27.4 Å². The molecule has 2 aromatic rings. The summed E-state index contributed by atoms with van der Waals surface area (Å²) in [6.45, 7) is 24.7. The van der Waals surface area contributed by atoms with E-state index >= 15 is 0 Å². The number of allylic oxidation sites excluding steroid dienone is 4. The molecule has 0 aliphatic heterocycles. The van der Waals surface area contributed by atoms with Crippen molar-refractivity contribution in [3.05, 3.63) is 82.5 Å². The molecule has 0 N–H and O–H groups in total. The molecule has 2 aromatic carbocycles. The quantitative estimate of drug-likeness (QED) is 0.274. The van der Waals surface area contributed by atoms with Gasteiger partial charge >= 0.3 is 54.1 Å². The SMILES string of the molecule is CC(C)(C)C1=CC[C-]=C1.CC(C)(C)c1c[c-]c2c(c1)-c1cc(C(C)(C)C)ccc1C2.CC[C](=[Zr+2])CC. The van der Waals surface area contributed by atoms with Crippen LogP contribution >= 0.6 is 0 Å². The van der Waals surface area contributed by atoms with Crippen LogP contribution in [0.1, 0.15) is 118 Å². The molecule has 0 aromatic heterocycles. The van der Waals surface area contributed by atoms with Crippen LogP contribution in [0.2, 0.25) is 0 Å². The maximum atomic E-state index is 3.53. The molecule has 0 nitrogen and oxygen atoms in total. The van der Waals surface area contributed by atoms with E-state index in [0.717, 1.165) is 12.8 Å². The number of hydrogen-bond donors (Lipinski definition) is 0. The molecule has 4 rings (SSSR count). The van der Waals surface area contributed by atoms with Crippen molar-refractivity contribution in [2.24, 2.45) is 5.41 Å². The molecule has 0 radical (unpaired) electrons. The maximum absolute atomic E-state index is 3.53. The van der Waals surface area contributed by atoms with E-state index in [1.807, 2.05) is 0 Å². The Morgan fingerprint density at radius 3 is 1.81 bits per heavy atom. The van der Waals surface area contributed by atoms with Crippen LogP contribution in [0.3, 0.4) is 0 Å². The molecule has 0 amide bonds. The van der Waals surface area contributed by atoms with Gasteiger partial charge in [-0.25, -0.2) is 6.08 Å². The standard InChI is InChI=1S/C21H25.C9H13.C5H10.Zr/c1-20(2,3)16-9-7-14-11-15-8-10-17(21(4,5)6)13-19(15)18(14)12-16;1-9(2,3)8-6-4-5-7-8;1-3-5-4-2;/h7,9-10,12-13H,11H2,1-6H3;6-7H,4H2,1-3H3;3-4H2,1-2H3;/q2*-1;;+2. The average Bonchev–Trinajstić information content (AvgIpc) is 3.45. The van der Waals surface area contributed by atoms with Crippen LogP contribution in [0.5, 0.6) is 0 Å². The van der Waals surface area contributed by atoms with Crippen LogP contribution in [-0.4, -0.2) is 3.21 Å². The van der Waals surface area contributed by atoms with Gasteiger partial charge in [-0.05, 0) is 17.4 Å². The predicted molar refractivity (Wildman–Crippen MR) is 156 cm³/mol. The Hall–Kier alpha value is -1.33.